The summed E-state index contributed by atoms with van der Waals surface area (Å²) >= 11 is 0. The Bertz CT molecular complexity index is 1640. The monoisotopic (exact) mass is 458 g/mol. The molecule has 1 amide bonds. The Morgan fingerprint density at radius 1 is 1.26 bits per heavy atom. The number of nitro groups is 1. The molecule has 3 heterocycles. The van der Waals surface area contributed by atoms with Crippen LogP contribution in [-0.4, -0.2) is 38.5 Å². The molecule has 0 spiro atoms. The van der Waals surface area contributed by atoms with Crippen molar-refractivity contribution in [2.75, 3.05) is 13.7 Å². The lowest BCUT2D eigenvalue weighted by Crippen LogP contribution is -2.30. The number of aryl methyl sites for hydroxylation is 1. The molecule has 34 heavy (non-hydrogen) atoms. The van der Waals surface area contributed by atoms with E-state index in [1.54, 1.807) is 12.3 Å². The smallest absolute Gasteiger partial charge is 0.279 e. The van der Waals surface area contributed by atoms with Gasteiger partial charge in [0.15, 0.2) is 5.49 Å². The summed E-state index contributed by atoms with van der Waals surface area (Å²) in [5.74, 6) is -0.778. The molecule has 4 aromatic rings. The van der Waals surface area contributed by atoms with Crippen LogP contribution < -0.4 is 11.0 Å². The van der Waals surface area contributed by atoms with Gasteiger partial charge in [-0.15, -0.1) is 0 Å². The van der Waals surface area contributed by atoms with Crippen molar-refractivity contribution in [3.8, 4) is 6.07 Å². The van der Waals surface area contributed by atoms with Crippen molar-refractivity contribution < 1.29 is 14.5 Å². The lowest BCUT2D eigenvalue weighted by molar-refractivity contribution is -0.384. The minimum atomic E-state index is -0.778. The predicted octanol–water partition coefficient (Wildman–Crippen LogP) is 2.12. The first-order valence-corrected chi connectivity index (χ1v) is 10.1. The van der Waals surface area contributed by atoms with Gasteiger partial charge in [-0.3, -0.25) is 24.1 Å². The molecule has 0 saturated heterocycles. The number of ether oxygens (including phenoxy) is 1. The Morgan fingerprint density at radius 3 is 2.76 bits per heavy atom. The minimum Gasteiger partial charge on any atom is -0.383 e. The number of benzene rings is 1. The highest BCUT2D eigenvalue weighted by atomic mass is 16.6. The van der Waals surface area contributed by atoms with E-state index in [4.69, 9.17) is 4.74 Å². The van der Waals surface area contributed by atoms with Gasteiger partial charge in [0.05, 0.1) is 22.5 Å². The number of non-ortho nitro benzene ring substituents is 1. The first-order chi connectivity index (χ1) is 16.3. The van der Waals surface area contributed by atoms with E-state index in [0.29, 0.717) is 5.65 Å². The van der Waals surface area contributed by atoms with Crippen molar-refractivity contribution in [3.05, 3.63) is 91.3 Å². The minimum absolute atomic E-state index is 0.0149. The third-order valence-corrected chi connectivity index (χ3v) is 5.26. The zero-order valence-corrected chi connectivity index (χ0v) is 18.3. The second kappa shape index (κ2) is 9.05. The largest absolute Gasteiger partial charge is 0.383 e. The Kier molecular flexibility index (Phi) is 5.99. The molecule has 170 valence electrons. The number of amides is 1. The fraction of sp³-hybridized carbons (Fsp3) is 0.174. The molecule has 0 radical (unpaired) electrons. The number of nitriles is 1. The summed E-state index contributed by atoms with van der Waals surface area (Å²) in [5, 5.41) is 21.1. The highest BCUT2D eigenvalue weighted by Gasteiger charge is 2.17. The van der Waals surface area contributed by atoms with Crippen LogP contribution in [0.4, 0.5) is 5.69 Å². The molecule has 0 aliphatic rings. The summed E-state index contributed by atoms with van der Waals surface area (Å²) in [5.41, 5.74) is 0.733. The number of nitrogens with zero attached hydrogens (tertiary/aromatic N) is 6. The van der Waals surface area contributed by atoms with Gasteiger partial charge < -0.3 is 9.30 Å². The molecule has 3 aromatic heterocycles. The summed E-state index contributed by atoms with van der Waals surface area (Å²) < 4.78 is 8.06. The number of carbonyl (C=O) groups is 1. The van der Waals surface area contributed by atoms with E-state index in [1.807, 2.05) is 19.1 Å². The van der Waals surface area contributed by atoms with Gasteiger partial charge in [0.2, 0.25) is 0 Å². The predicted molar refractivity (Wildman–Crippen MR) is 121 cm³/mol. The number of hydrogen-bond donors (Lipinski definition) is 0. The highest BCUT2D eigenvalue weighted by molar-refractivity contribution is 5.95. The number of carbonyl (C=O) groups excluding carboxylic acids is 1. The van der Waals surface area contributed by atoms with Crippen LogP contribution in [0, 0.1) is 28.4 Å². The SMILES string of the molecule is COCCn1c(=NC(=O)c2cccc([N+](=O)[O-])c2)c(C#N)cc2c(=O)n3cccc(C)c3nc21. The molecule has 0 fully saturated rings. The van der Waals surface area contributed by atoms with Gasteiger partial charge >= 0.3 is 0 Å². The summed E-state index contributed by atoms with van der Waals surface area (Å²) in [6.07, 6.45) is 1.59. The van der Waals surface area contributed by atoms with Crippen molar-refractivity contribution in [2.45, 2.75) is 13.5 Å². The second-order valence-corrected chi connectivity index (χ2v) is 7.40. The molecule has 0 aliphatic carbocycles. The normalized spacial score (nSPS) is 11.6. The van der Waals surface area contributed by atoms with Crippen molar-refractivity contribution in [2.24, 2.45) is 4.99 Å². The average molecular weight is 458 g/mol. The highest BCUT2D eigenvalue weighted by Crippen LogP contribution is 2.15. The quantitative estimate of drug-likeness (QED) is 0.253. The zero-order chi connectivity index (χ0) is 24.4. The average Bonchev–Trinajstić information content (AvgIpc) is 2.84. The Hall–Kier alpha value is -4.69. The molecular weight excluding hydrogens is 440 g/mol. The van der Waals surface area contributed by atoms with Gasteiger partial charge in [-0.2, -0.15) is 10.3 Å². The maximum Gasteiger partial charge on any atom is 0.279 e. The molecule has 11 heteroatoms. The Labute approximate surface area is 192 Å². The maximum absolute atomic E-state index is 13.2. The fourth-order valence-electron chi connectivity index (χ4n) is 3.60. The molecule has 0 N–H and O–H groups in total. The molecule has 0 aliphatic heterocycles. The third kappa shape index (κ3) is 3.94. The van der Waals surface area contributed by atoms with Gasteiger partial charge in [-0.05, 0) is 30.7 Å². The van der Waals surface area contributed by atoms with E-state index in [1.165, 1.54) is 40.3 Å². The molecule has 0 unspecified atom stereocenters. The molecule has 1 aromatic carbocycles. The van der Waals surface area contributed by atoms with E-state index in [0.717, 1.165) is 11.6 Å². The van der Waals surface area contributed by atoms with Gasteiger partial charge in [-0.1, -0.05) is 12.1 Å². The summed E-state index contributed by atoms with van der Waals surface area (Å²) in [6, 6.07) is 12.0. The number of aromatic nitrogens is 3. The van der Waals surface area contributed by atoms with Gasteiger partial charge in [0.25, 0.3) is 17.2 Å². The number of hydrogen-bond acceptors (Lipinski definition) is 7. The van der Waals surface area contributed by atoms with Crippen molar-refractivity contribution in [1.29, 1.82) is 5.26 Å². The maximum atomic E-state index is 13.2. The van der Waals surface area contributed by atoms with E-state index in [-0.39, 0.29) is 52.0 Å². The number of methoxy groups -OCH3 is 1. The zero-order valence-electron chi connectivity index (χ0n) is 18.3. The molecule has 0 bridgehead atoms. The van der Waals surface area contributed by atoms with E-state index in [9.17, 15) is 25.0 Å². The number of nitro benzene ring substituents is 1. The van der Waals surface area contributed by atoms with E-state index >= 15 is 0 Å². The number of rotatable bonds is 5. The van der Waals surface area contributed by atoms with Gasteiger partial charge in [0, 0.05) is 37.5 Å². The summed E-state index contributed by atoms with van der Waals surface area (Å²) in [7, 11) is 1.49. The fourth-order valence-corrected chi connectivity index (χ4v) is 3.60. The van der Waals surface area contributed by atoms with Gasteiger partial charge in [-0.25, -0.2) is 4.98 Å². The Balaban J connectivity index is 2.07. The van der Waals surface area contributed by atoms with Crippen LogP contribution in [0.3, 0.4) is 0 Å². The lowest BCUT2D eigenvalue weighted by atomic mass is 10.2. The first kappa shape index (κ1) is 22.5. The Morgan fingerprint density at radius 2 is 2.06 bits per heavy atom. The topological polar surface area (TPSA) is 145 Å². The van der Waals surface area contributed by atoms with Crippen LogP contribution in [-0.2, 0) is 11.3 Å². The first-order valence-electron chi connectivity index (χ1n) is 10.1. The number of fused-ring (bicyclic) bond motifs is 2. The van der Waals surface area contributed by atoms with Crippen molar-refractivity contribution in [3.63, 3.8) is 0 Å². The molecule has 11 nitrogen and oxygen atoms in total. The molecule has 0 saturated carbocycles. The summed E-state index contributed by atoms with van der Waals surface area (Å²) in [6.45, 7) is 2.16. The second-order valence-electron chi connectivity index (χ2n) is 7.40. The van der Waals surface area contributed by atoms with Crippen LogP contribution in [0.5, 0.6) is 0 Å². The van der Waals surface area contributed by atoms with Gasteiger partial charge in [0.1, 0.15) is 17.4 Å². The van der Waals surface area contributed by atoms with E-state index in [2.05, 4.69) is 9.98 Å². The van der Waals surface area contributed by atoms with Crippen LogP contribution >= 0.6 is 0 Å². The van der Waals surface area contributed by atoms with Crippen molar-refractivity contribution >= 4 is 28.3 Å². The lowest BCUT2D eigenvalue weighted by Gasteiger charge is -2.13. The van der Waals surface area contributed by atoms with Crippen molar-refractivity contribution in [1.82, 2.24) is 14.0 Å². The molecule has 4 rings (SSSR count). The molecule has 0 atom stereocenters. The van der Waals surface area contributed by atoms with Crippen LogP contribution in [0.2, 0.25) is 0 Å². The number of pyridine rings is 2. The summed E-state index contributed by atoms with van der Waals surface area (Å²) in [4.78, 5) is 45.3. The van der Waals surface area contributed by atoms with E-state index < -0.39 is 10.8 Å². The van der Waals surface area contributed by atoms with Crippen LogP contribution in [0.1, 0.15) is 21.5 Å². The van der Waals surface area contributed by atoms with Crippen LogP contribution in [0.15, 0.2) is 58.4 Å². The third-order valence-electron chi connectivity index (χ3n) is 5.26. The van der Waals surface area contributed by atoms with Crippen LogP contribution in [0.25, 0.3) is 16.7 Å². The standard InChI is InChI=1S/C23H18N6O5/c1-14-5-4-8-28-19(14)25-21-18(23(28)31)12-16(13-24)20(27(21)9-10-34-2)26-22(30)15-6-3-7-17(11-15)29(32)33/h3-8,11-12H,9-10H2,1-2H3. The molecular formula is C23H18N6O5.